The lowest BCUT2D eigenvalue weighted by Crippen LogP contribution is -2.43. The van der Waals surface area contributed by atoms with Gasteiger partial charge in [-0.3, -0.25) is 9.59 Å². The van der Waals surface area contributed by atoms with Crippen LogP contribution in [0, 0.1) is 19.8 Å². The minimum atomic E-state index is -4.42. The highest BCUT2D eigenvalue weighted by Gasteiger charge is 2.39. The van der Waals surface area contributed by atoms with Gasteiger partial charge >= 0.3 is 6.18 Å². The van der Waals surface area contributed by atoms with Gasteiger partial charge in [0.25, 0.3) is 0 Å². The average molecular weight is 513 g/mol. The van der Waals surface area contributed by atoms with Crippen LogP contribution in [-0.2, 0) is 15.8 Å². The van der Waals surface area contributed by atoms with E-state index in [1.54, 1.807) is 9.80 Å². The Labute approximate surface area is 212 Å². The van der Waals surface area contributed by atoms with Crippen LogP contribution in [-0.4, -0.2) is 46.5 Å². The van der Waals surface area contributed by atoms with Crippen LogP contribution >= 0.6 is 0 Å². The molecule has 0 spiro atoms. The van der Waals surface area contributed by atoms with Crippen molar-refractivity contribution in [3.05, 3.63) is 65.0 Å². The van der Waals surface area contributed by atoms with Crippen LogP contribution in [0.4, 0.5) is 18.9 Å². The number of aryl methyl sites for hydroxylation is 2. The summed E-state index contributed by atoms with van der Waals surface area (Å²) in [4.78, 5) is 29.5. The SMILES string of the molecule is Cc1ccc(N2CC(C(=O)N3CCCC(c4nnc(-c5ccc(C(F)(F)F)cc5)o4)C3)CC2=O)cc1C. The Balaban J connectivity index is 1.25. The van der Waals surface area contributed by atoms with E-state index in [9.17, 15) is 22.8 Å². The molecule has 0 N–H and O–H groups in total. The van der Waals surface area contributed by atoms with Crippen LogP contribution < -0.4 is 4.90 Å². The molecule has 0 bridgehead atoms. The normalized spacial score (nSPS) is 20.5. The second-order valence-corrected chi connectivity index (χ2v) is 9.82. The molecule has 2 fully saturated rings. The third-order valence-corrected chi connectivity index (χ3v) is 7.26. The third-order valence-electron chi connectivity index (χ3n) is 7.26. The summed E-state index contributed by atoms with van der Waals surface area (Å²) < 4.78 is 44.3. The van der Waals surface area contributed by atoms with Gasteiger partial charge in [-0.1, -0.05) is 6.07 Å². The highest BCUT2D eigenvalue weighted by Crippen LogP contribution is 2.34. The molecule has 2 atom stereocenters. The molecule has 3 heterocycles. The summed E-state index contributed by atoms with van der Waals surface area (Å²) in [7, 11) is 0. The van der Waals surface area contributed by atoms with Crippen LogP contribution in [0.15, 0.2) is 46.9 Å². The minimum Gasteiger partial charge on any atom is -0.420 e. The molecule has 2 saturated heterocycles. The molecule has 2 amide bonds. The number of anilines is 1. The molecular weight excluding hydrogens is 485 g/mol. The van der Waals surface area contributed by atoms with E-state index in [-0.39, 0.29) is 30.0 Å². The first-order valence-corrected chi connectivity index (χ1v) is 12.3. The van der Waals surface area contributed by atoms with Crippen molar-refractivity contribution in [2.75, 3.05) is 24.5 Å². The summed E-state index contributed by atoms with van der Waals surface area (Å²) in [6, 6.07) is 10.4. The Morgan fingerprint density at radius 1 is 1.03 bits per heavy atom. The van der Waals surface area contributed by atoms with Crippen molar-refractivity contribution < 1.29 is 27.2 Å². The molecule has 194 valence electrons. The third kappa shape index (κ3) is 5.10. The van der Waals surface area contributed by atoms with E-state index in [2.05, 4.69) is 10.2 Å². The van der Waals surface area contributed by atoms with Crippen LogP contribution in [0.5, 0.6) is 0 Å². The van der Waals surface area contributed by atoms with Gasteiger partial charge in [0.2, 0.25) is 23.6 Å². The van der Waals surface area contributed by atoms with Gasteiger partial charge in [-0.05, 0) is 74.2 Å². The van der Waals surface area contributed by atoms with Crippen molar-refractivity contribution in [3.63, 3.8) is 0 Å². The number of hydrogen-bond acceptors (Lipinski definition) is 5. The molecule has 2 aliphatic rings. The second kappa shape index (κ2) is 9.64. The lowest BCUT2D eigenvalue weighted by Gasteiger charge is -2.32. The van der Waals surface area contributed by atoms with Crippen LogP contribution in [0.2, 0.25) is 0 Å². The molecule has 0 saturated carbocycles. The molecule has 2 aliphatic heterocycles. The van der Waals surface area contributed by atoms with Gasteiger partial charge in [0.05, 0.1) is 17.4 Å². The Kier molecular flexibility index (Phi) is 6.51. The maximum absolute atomic E-state index is 13.3. The topological polar surface area (TPSA) is 79.5 Å². The van der Waals surface area contributed by atoms with E-state index in [0.29, 0.717) is 31.1 Å². The monoisotopic (exact) mass is 512 g/mol. The molecular formula is C27H27F3N4O3. The maximum Gasteiger partial charge on any atom is 0.416 e. The summed E-state index contributed by atoms with van der Waals surface area (Å²) in [5.41, 5.74) is 2.69. The van der Waals surface area contributed by atoms with Crippen LogP contribution in [0.25, 0.3) is 11.5 Å². The van der Waals surface area contributed by atoms with Gasteiger partial charge in [0.15, 0.2) is 0 Å². The number of amides is 2. The first-order valence-electron chi connectivity index (χ1n) is 12.3. The predicted molar refractivity (Wildman–Crippen MR) is 130 cm³/mol. The Hall–Kier alpha value is -3.69. The van der Waals surface area contributed by atoms with Crippen molar-refractivity contribution in [1.82, 2.24) is 15.1 Å². The molecule has 2 unspecified atom stereocenters. The quantitative estimate of drug-likeness (QED) is 0.484. The number of nitrogens with zero attached hydrogens (tertiary/aromatic N) is 4. The van der Waals surface area contributed by atoms with Gasteiger partial charge in [-0.2, -0.15) is 13.2 Å². The molecule has 0 radical (unpaired) electrons. The Bertz CT molecular complexity index is 1320. The maximum atomic E-state index is 13.3. The zero-order chi connectivity index (χ0) is 26.3. The number of likely N-dealkylation sites (tertiary alicyclic amines) is 1. The smallest absolute Gasteiger partial charge is 0.416 e. The van der Waals surface area contributed by atoms with E-state index in [1.807, 2.05) is 32.0 Å². The lowest BCUT2D eigenvalue weighted by molar-refractivity contribution is -0.138. The fourth-order valence-corrected chi connectivity index (χ4v) is 4.97. The first-order chi connectivity index (χ1) is 17.6. The highest BCUT2D eigenvalue weighted by molar-refractivity contribution is 6.00. The molecule has 10 heteroatoms. The fraction of sp³-hybridized carbons (Fsp3) is 0.407. The van der Waals surface area contributed by atoms with Gasteiger partial charge in [-0.25, -0.2) is 0 Å². The molecule has 1 aromatic heterocycles. The number of carbonyl (C=O) groups is 2. The zero-order valence-corrected chi connectivity index (χ0v) is 20.6. The van der Waals surface area contributed by atoms with Crippen LogP contribution in [0.3, 0.4) is 0 Å². The van der Waals surface area contributed by atoms with Crippen molar-refractivity contribution in [2.24, 2.45) is 5.92 Å². The molecule has 5 rings (SSSR count). The van der Waals surface area contributed by atoms with Gasteiger partial charge < -0.3 is 14.2 Å². The summed E-state index contributed by atoms with van der Waals surface area (Å²) in [5.74, 6) is -0.232. The van der Waals surface area contributed by atoms with Crippen LogP contribution in [0.1, 0.15) is 47.8 Å². The Morgan fingerprint density at radius 2 is 1.78 bits per heavy atom. The largest absolute Gasteiger partial charge is 0.420 e. The predicted octanol–water partition coefficient (Wildman–Crippen LogP) is 5.13. The number of halogens is 3. The minimum absolute atomic E-state index is 0.0618. The van der Waals surface area contributed by atoms with E-state index < -0.39 is 17.7 Å². The van der Waals surface area contributed by atoms with Crippen molar-refractivity contribution in [3.8, 4) is 11.5 Å². The molecule has 37 heavy (non-hydrogen) atoms. The summed E-state index contributed by atoms with van der Waals surface area (Å²) in [5, 5.41) is 8.13. The number of hydrogen-bond donors (Lipinski definition) is 0. The van der Waals surface area contributed by atoms with Crippen molar-refractivity contribution in [2.45, 2.75) is 45.2 Å². The van der Waals surface area contributed by atoms with E-state index in [1.165, 1.54) is 12.1 Å². The van der Waals surface area contributed by atoms with E-state index in [0.717, 1.165) is 41.8 Å². The number of rotatable bonds is 4. The van der Waals surface area contributed by atoms with Gasteiger partial charge in [-0.15, -0.1) is 10.2 Å². The Morgan fingerprint density at radius 3 is 2.49 bits per heavy atom. The molecule has 0 aliphatic carbocycles. The lowest BCUT2D eigenvalue weighted by atomic mass is 9.96. The zero-order valence-electron chi connectivity index (χ0n) is 20.6. The number of carbonyl (C=O) groups excluding carboxylic acids is 2. The summed E-state index contributed by atoms with van der Waals surface area (Å²) >= 11 is 0. The second-order valence-electron chi connectivity index (χ2n) is 9.82. The van der Waals surface area contributed by atoms with E-state index >= 15 is 0 Å². The molecule has 3 aromatic rings. The molecule has 7 nitrogen and oxygen atoms in total. The first kappa shape index (κ1) is 25.0. The van der Waals surface area contributed by atoms with Gasteiger partial charge in [0, 0.05) is 37.3 Å². The standard InChI is InChI=1S/C27H27F3N4O3/c1-16-5-10-22(12-17(16)2)34-15-20(13-23(34)35)26(36)33-11-3-4-19(14-33)25-32-31-24(37-25)18-6-8-21(9-7-18)27(28,29)30/h5-10,12,19-20H,3-4,11,13-15H2,1-2H3. The molecule has 2 aromatic carbocycles. The summed E-state index contributed by atoms with van der Waals surface area (Å²) in [6.45, 7) is 5.33. The number of alkyl halides is 3. The number of benzene rings is 2. The van der Waals surface area contributed by atoms with Crippen molar-refractivity contribution >= 4 is 17.5 Å². The number of piperidine rings is 1. The summed E-state index contributed by atoms with van der Waals surface area (Å²) in [6.07, 6.45) is -2.76. The van der Waals surface area contributed by atoms with E-state index in [4.69, 9.17) is 4.42 Å². The number of aromatic nitrogens is 2. The highest BCUT2D eigenvalue weighted by atomic mass is 19.4. The van der Waals surface area contributed by atoms with Crippen molar-refractivity contribution in [1.29, 1.82) is 0 Å². The van der Waals surface area contributed by atoms with Gasteiger partial charge in [0.1, 0.15) is 0 Å². The average Bonchev–Trinajstić information content (AvgIpc) is 3.52. The fourth-order valence-electron chi connectivity index (χ4n) is 4.97.